The molecule has 1 saturated heterocycles. The summed E-state index contributed by atoms with van der Waals surface area (Å²) in [6, 6.07) is 5.47. The molecule has 3 heterocycles. The Balaban J connectivity index is 1.56. The van der Waals surface area contributed by atoms with Crippen molar-refractivity contribution in [1.29, 1.82) is 0 Å². The lowest BCUT2D eigenvalue weighted by atomic mass is 9.86. The second-order valence-corrected chi connectivity index (χ2v) is 8.05. The van der Waals surface area contributed by atoms with Gasteiger partial charge in [-0.2, -0.15) is 0 Å². The summed E-state index contributed by atoms with van der Waals surface area (Å²) in [6.07, 6.45) is 3.81. The molecule has 0 spiro atoms. The molecule has 2 atom stereocenters. The summed E-state index contributed by atoms with van der Waals surface area (Å²) in [6.45, 7) is 1.59. The number of amides is 1. The summed E-state index contributed by atoms with van der Waals surface area (Å²) in [4.78, 5) is 12.8. The summed E-state index contributed by atoms with van der Waals surface area (Å²) in [5.41, 5.74) is 2.15. The van der Waals surface area contributed by atoms with Gasteiger partial charge in [-0.25, -0.2) is 8.78 Å². The second-order valence-electron chi connectivity index (χ2n) is 7.65. The largest absolute Gasteiger partial charge is 0.381 e. The van der Waals surface area contributed by atoms with Crippen molar-refractivity contribution in [3.05, 3.63) is 40.7 Å². The maximum atomic E-state index is 13.6. The number of carbonyl (C=O) groups is 1. The molecular formula is C20H23ClF2N2O2. The monoisotopic (exact) mass is 396 g/mol. The molecule has 1 amide bonds. The third kappa shape index (κ3) is 3.83. The van der Waals surface area contributed by atoms with Gasteiger partial charge in [-0.05, 0) is 43.4 Å². The van der Waals surface area contributed by atoms with Crippen LogP contribution in [-0.2, 0) is 4.74 Å². The summed E-state index contributed by atoms with van der Waals surface area (Å²) < 4.78 is 34.6. The lowest BCUT2D eigenvalue weighted by Crippen LogP contribution is -2.35. The number of hydrogen-bond donors (Lipinski definition) is 1. The Morgan fingerprint density at radius 3 is 3.00 bits per heavy atom. The van der Waals surface area contributed by atoms with Gasteiger partial charge < -0.3 is 14.5 Å². The molecule has 7 heteroatoms. The van der Waals surface area contributed by atoms with Crippen LogP contribution in [0.3, 0.4) is 0 Å². The number of nitrogens with zero attached hydrogens (tertiary/aromatic N) is 1. The predicted molar refractivity (Wildman–Crippen MR) is 99.8 cm³/mol. The number of pyridine rings is 1. The Bertz CT molecular complexity index is 846. The molecule has 4 nitrogen and oxygen atoms in total. The van der Waals surface area contributed by atoms with E-state index in [0.29, 0.717) is 35.7 Å². The molecule has 1 N–H and O–H groups in total. The van der Waals surface area contributed by atoms with Gasteiger partial charge in [-0.1, -0.05) is 11.6 Å². The molecule has 0 aromatic carbocycles. The molecule has 0 radical (unpaired) electrons. The highest BCUT2D eigenvalue weighted by atomic mass is 35.5. The molecule has 1 saturated carbocycles. The summed E-state index contributed by atoms with van der Waals surface area (Å²) in [7, 11) is 0. The van der Waals surface area contributed by atoms with Crippen molar-refractivity contribution >= 4 is 23.0 Å². The minimum atomic E-state index is -2.62. The van der Waals surface area contributed by atoms with Crippen LogP contribution in [0.2, 0.25) is 5.02 Å². The fourth-order valence-corrected chi connectivity index (χ4v) is 4.54. The third-order valence-corrected chi connectivity index (χ3v) is 5.96. The molecule has 2 fully saturated rings. The zero-order valence-electron chi connectivity index (χ0n) is 15.0. The number of halogens is 3. The van der Waals surface area contributed by atoms with E-state index in [1.54, 1.807) is 6.07 Å². The molecule has 2 aromatic heterocycles. The third-order valence-electron chi connectivity index (χ3n) is 5.66. The quantitative estimate of drug-likeness (QED) is 0.817. The van der Waals surface area contributed by atoms with E-state index >= 15 is 0 Å². The standard InChI is InChI=1S/C20H23ClF2N2O2/c21-16-4-2-7-25-17(14-5-8-27-12-14)9-15(18(16)25)19(26)24-11-13-3-1-6-20(22,23)10-13/h2,4,7,9,13-14H,1,3,5-6,8,10-12H2,(H,24,26). The summed E-state index contributed by atoms with van der Waals surface area (Å²) >= 11 is 6.38. The Morgan fingerprint density at radius 1 is 1.41 bits per heavy atom. The molecule has 27 heavy (non-hydrogen) atoms. The first-order chi connectivity index (χ1) is 12.9. The van der Waals surface area contributed by atoms with Crippen molar-refractivity contribution in [2.75, 3.05) is 19.8 Å². The zero-order valence-corrected chi connectivity index (χ0v) is 15.8. The van der Waals surface area contributed by atoms with Crippen LogP contribution in [0.15, 0.2) is 24.4 Å². The fraction of sp³-hybridized carbons (Fsp3) is 0.550. The van der Waals surface area contributed by atoms with Gasteiger partial charge in [0.15, 0.2) is 0 Å². The van der Waals surface area contributed by atoms with Gasteiger partial charge in [0.2, 0.25) is 5.92 Å². The van der Waals surface area contributed by atoms with Gasteiger partial charge >= 0.3 is 0 Å². The highest BCUT2D eigenvalue weighted by molar-refractivity contribution is 6.34. The van der Waals surface area contributed by atoms with E-state index in [4.69, 9.17) is 16.3 Å². The molecule has 146 valence electrons. The number of hydrogen-bond acceptors (Lipinski definition) is 2. The Labute approximate surface area is 161 Å². The van der Waals surface area contributed by atoms with Crippen LogP contribution in [0.25, 0.3) is 5.52 Å². The minimum Gasteiger partial charge on any atom is -0.381 e. The van der Waals surface area contributed by atoms with E-state index in [1.807, 2.05) is 22.7 Å². The fourth-order valence-electron chi connectivity index (χ4n) is 4.28. The Morgan fingerprint density at radius 2 is 2.26 bits per heavy atom. The van der Waals surface area contributed by atoms with E-state index in [0.717, 1.165) is 18.5 Å². The maximum Gasteiger partial charge on any atom is 0.253 e. The van der Waals surface area contributed by atoms with Crippen LogP contribution in [0.4, 0.5) is 8.78 Å². The van der Waals surface area contributed by atoms with Gasteiger partial charge in [0.1, 0.15) is 0 Å². The van der Waals surface area contributed by atoms with Gasteiger partial charge in [-0.3, -0.25) is 4.79 Å². The minimum absolute atomic E-state index is 0.0516. The van der Waals surface area contributed by atoms with Crippen LogP contribution in [0.5, 0.6) is 0 Å². The average Bonchev–Trinajstić information content (AvgIpc) is 3.27. The van der Waals surface area contributed by atoms with E-state index < -0.39 is 5.92 Å². The van der Waals surface area contributed by atoms with Crippen LogP contribution in [0, 0.1) is 5.92 Å². The van der Waals surface area contributed by atoms with Crippen molar-refractivity contribution in [2.45, 2.75) is 43.9 Å². The molecule has 2 aliphatic rings. The maximum absolute atomic E-state index is 13.6. The normalized spacial score (nSPS) is 25.0. The SMILES string of the molecule is O=C(NCC1CCCC(F)(F)C1)c1cc(C2CCOC2)n2cccc(Cl)c12. The van der Waals surface area contributed by atoms with Gasteiger partial charge in [0, 0.05) is 43.8 Å². The number of nitrogens with one attached hydrogen (secondary N) is 1. The van der Waals surface area contributed by atoms with Crippen LogP contribution in [-0.4, -0.2) is 36.0 Å². The Kier molecular flexibility index (Phi) is 5.12. The molecule has 1 aliphatic carbocycles. The lowest BCUT2D eigenvalue weighted by Gasteiger charge is -2.28. The van der Waals surface area contributed by atoms with Gasteiger partial charge in [0.05, 0.1) is 22.7 Å². The molecule has 2 aromatic rings. The van der Waals surface area contributed by atoms with E-state index in [1.165, 1.54) is 0 Å². The van der Waals surface area contributed by atoms with E-state index in [-0.39, 0.29) is 37.1 Å². The van der Waals surface area contributed by atoms with Crippen molar-refractivity contribution in [3.8, 4) is 0 Å². The highest BCUT2D eigenvalue weighted by Crippen LogP contribution is 2.36. The summed E-state index contributed by atoms with van der Waals surface area (Å²) in [5, 5.41) is 3.35. The smallest absolute Gasteiger partial charge is 0.253 e. The van der Waals surface area contributed by atoms with Crippen molar-refractivity contribution in [1.82, 2.24) is 9.72 Å². The topological polar surface area (TPSA) is 42.7 Å². The number of rotatable bonds is 4. The molecular weight excluding hydrogens is 374 g/mol. The van der Waals surface area contributed by atoms with Crippen molar-refractivity contribution in [3.63, 3.8) is 0 Å². The second kappa shape index (κ2) is 7.40. The first kappa shape index (κ1) is 18.7. The van der Waals surface area contributed by atoms with E-state index in [9.17, 15) is 13.6 Å². The first-order valence-corrected chi connectivity index (χ1v) is 9.86. The van der Waals surface area contributed by atoms with Gasteiger partial charge in [-0.15, -0.1) is 0 Å². The Hall–Kier alpha value is -1.66. The number of carbonyl (C=O) groups excluding carboxylic acids is 1. The number of aromatic nitrogens is 1. The molecule has 2 unspecified atom stereocenters. The lowest BCUT2D eigenvalue weighted by molar-refractivity contribution is -0.0518. The summed E-state index contributed by atoms with van der Waals surface area (Å²) in [5.74, 6) is -2.85. The first-order valence-electron chi connectivity index (χ1n) is 9.48. The van der Waals surface area contributed by atoms with Crippen LogP contribution < -0.4 is 5.32 Å². The predicted octanol–water partition coefficient (Wildman–Crippen LogP) is 4.65. The van der Waals surface area contributed by atoms with Crippen molar-refractivity contribution in [2.24, 2.45) is 5.92 Å². The average molecular weight is 397 g/mol. The zero-order chi connectivity index (χ0) is 19.0. The van der Waals surface area contributed by atoms with Crippen LogP contribution in [0.1, 0.15) is 54.1 Å². The highest BCUT2D eigenvalue weighted by Gasteiger charge is 2.36. The number of ether oxygens (including phenoxy) is 1. The molecule has 0 bridgehead atoms. The number of fused-ring (bicyclic) bond motifs is 1. The number of alkyl halides is 2. The van der Waals surface area contributed by atoms with E-state index in [2.05, 4.69) is 5.32 Å². The van der Waals surface area contributed by atoms with Crippen LogP contribution >= 0.6 is 11.6 Å². The van der Waals surface area contributed by atoms with Crippen molar-refractivity contribution < 1.29 is 18.3 Å². The molecule has 1 aliphatic heterocycles. The molecule has 4 rings (SSSR count). The van der Waals surface area contributed by atoms with Gasteiger partial charge in [0.25, 0.3) is 5.91 Å².